The largest absolute Gasteiger partial charge is 0.405 e. The van der Waals surface area contributed by atoms with Crippen LogP contribution in [0.15, 0.2) is 23.1 Å². The van der Waals surface area contributed by atoms with Crippen molar-refractivity contribution in [1.82, 2.24) is 0 Å². The van der Waals surface area contributed by atoms with E-state index in [2.05, 4.69) is 0 Å². The van der Waals surface area contributed by atoms with E-state index in [1.807, 2.05) is 0 Å². The maximum Gasteiger partial charge on any atom is 0.405 e. The monoisotopic (exact) mass is 309 g/mol. The Balaban J connectivity index is 2.42. The van der Waals surface area contributed by atoms with Crippen LogP contribution >= 0.6 is 0 Å². The number of hydrogen-bond acceptors (Lipinski definition) is 4. The lowest BCUT2D eigenvalue weighted by atomic mass is 10.2. The van der Waals surface area contributed by atoms with E-state index in [1.165, 1.54) is 12.1 Å². The van der Waals surface area contributed by atoms with Gasteiger partial charge in [-0.05, 0) is 31.0 Å². The van der Waals surface area contributed by atoms with E-state index < -0.39 is 22.7 Å². The Kier molecular flexibility index (Phi) is 3.59. The van der Waals surface area contributed by atoms with Crippen molar-refractivity contribution in [3.63, 3.8) is 0 Å². The highest BCUT2D eigenvalue weighted by Crippen LogP contribution is 2.37. The first-order chi connectivity index (χ1) is 9.08. The number of halogens is 3. The molecule has 1 aromatic rings. The second kappa shape index (κ2) is 4.81. The highest BCUT2D eigenvalue weighted by molar-refractivity contribution is 7.89. The lowest BCUT2D eigenvalue weighted by Crippen LogP contribution is -2.36. The van der Waals surface area contributed by atoms with E-state index >= 15 is 0 Å². The van der Waals surface area contributed by atoms with Gasteiger partial charge in [-0.25, -0.2) is 13.6 Å². The SMILES string of the molecule is Nc1ccc(S(N)(=O)=O)cc1N(CC(F)(F)F)C1CC1. The summed E-state index contributed by atoms with van der Waals surface area (Å²) in [6, 6.07) is 3.25. The predicted octanol–water partition coefficient (Wildman–Crippen LogP) is 1.45. The summed E-state index contributed by atoms with van der Waals surface area (Å²) in [5.74, 6) is 0. The third kappa shape index (κ3) is 3.54. The number of alkyl halides is 3. The average Bonchev–Trinajstić information content (AvgIpc) is 3.07. The van der Waals surface area contributed by atoms with Crippen molar-refractivity contribution >= 4 is 21.4 Å². The molecule has 20 heavy (non-hydrogen) atoms. The van der Waals surface area contributed by atoms with E-state index in [9.17, 15) is 21.6 Å². The van der Waals surface area contributed by atoms with Gasteiger partial charge in [-0.2, -0.15) is 13.2 Å². The number of nitrogens with two attached hydrogens (primary N) is 2. The summed E-state index contributed by atoms with van der Waals surface area (Å²) in [6.07, 6.45) is -3.16. The Labute approximate surface area is 114 Å². The van der Waals surface area contributed by atoms with Gasteiger partial charge in [0.05, 0.1) is 16.3 Å². The van der Waals surface area contributed by atoms with Crippen molar-refractivity contribution < 1.29 is 21.6 Å². The van der Waals surface area contributed by atoms with Gasteiger partial charge in [-0.15, -0.1) is 0 Å². The van der Waals surface area contributed by atoms with Crippen molar-refractivity contribution in [1.29, 1.82) is 0 Å². The predicted molar refractivity (Wildman–Crippen MR) is 68.7 cm³/mol. The Morgan fingerprint density at radius 3 is 2.35 bits per heavy atom. The molecular weight excluding hydrogens is 295 g/mol. The second-order valence-corrected chi connectivity index (χ2v) is 6.30. The van der Waals surface area contributed by atoms with Gasteiger partial charge in [0.15, 0.2) is 0 Å². The Bertz CT molecular complexity index is 612. The number of benzene rings is 1. The van der Waals surface area contributed by atoms with Gasteiger partial charge in [0.2, 0.25) is 10.0 Å². The molecule has 0 heterocycles. The lowest BCUT2D eigenvalue weighted by Gasteiger charge is -2.27. The molecule has 9 heteroatoms. The first-order valence-corrected chi connectivity index (χ1v) is 7.38. The maximum atomic E-state index is 12.6. The minimum Gasteiger partial charge on any atom is -0.397 e. The molecule has 0 radical (unpaired) electrons. The standard InChI is InChI=1S/C11H14F3N3O2S/c12-11(13,14)6-17(7-1-2-7)10-5-8(20(16,18)19)3-4-9(10)15/h3-5,7H,1-2,6,15H2,(H2,16,18,19). The number of hydrogen-bond donors (Lipinski definition) is 2. The molecule has 0 aromatic heterocycles. The fourth-order valence-electron chi connectivity index (χ4n) is 1.94. The first kappa shape index (κ1) is 14.9. The van der Waals surface area contributed by atoms with E-state index in [1.54, 1.807) is 0 Å². The van der Waals surface area contributed by atoms with Gasteiger partial charge in [0.1, 0.15) is 6.54 Å². The lowest BCUT2D eigenvalue weighted by molar-refractivity contribution is -0.119. The molecule has 0 aliphatic heterocycles. The number of anilines is 2. The molecule has 0 saturated heterocycles. The molecule has 0 unspecified atom stereocenters. The summed E-state index contributed by atoms with van der Waals surface area (Å²) in [7, 11) is -3.99. The van der Waals surface area contributed by atoms with Crippen molar-refractivity contribution in [3.8, 4) is 0 Å². The van der Waals surface area contributed by atoms with Crippen LogP contribution in [-0.2, 0) is 10.0 Å². The second-order valence-electron chi connectivity index (χ2n) is 4.74. The average molecular weight is 309 g/mol. The third-order valence-corrected chi connectivity index (χ3v) is 3.89. The van der Waals surface area contributed by atoms with Crippen LogP contribution in [0.2, 0.25) is 0 Å². The van der Waals surface area contributed by atoms with Gasteiger partial charge in [-0.1, -0.05) is 0 Å². The molecule has 0 spiro atoms. The smallest absolute Gasteiger partial charge is 0.397 e. The Hall–Kier alpha value is -1.48. The van der Waals surface area contributed by atoms with E-state index in [0.29, 0.717) is 12.8 Å². The Morgan fingerprint density at radius 2 is 1.90 bits per heavy atom. The van der Waals surface area contributed by atoms with Gasteiger partial charge in [-0.3, -0.25) is 0 Å². The molecule has 1 saturated carbocycles. The van der Waals surface area contributed by atoms with E-state index in [-0.39, 0.29) is 22.3 Å². The number of sulfonamides is 1. The van der Waals surface area contributed by atoms with Crippen LogP contribution in [-0.4, -0.2) is 27.2 Å². The van der Waals surface area contributed by atoms with Crippen LogP contribution in [0.25, 0.3) is 0 Å². The first-order valence-electron chi connectivity index (χ1n) is 5.83. The summed E-state index contributed by atoms with van der Waals surface area (Å²) in [5.41, 5.74) is 5.82. The molecule has 1 fully saturated rings. The number of rotatable bonds is 4. The fraction of sp³-hybridized carbons (Fsp3) is 0.455. The zero-order valence-electron chi connectivity index (χ0n) is 10.4. The van der Waals surface area contributed by atoms with Gasteiger partial charge >= 0.3 is 6.18 Å². The zero-order valence-corrected chi connectivity index (χ0v) is 11.2. The third-order valence-electron chi connectivity index (χ3n) is 2.98. The Morgan fingerprint density at radius 1 is 1.30 bits per heavy atom. The number of nitrogens with zero attached hydrogens (tertiary/aromatic N) is 1. The van der Waals surface area contributed by atoms with Crippen LogP contribution in [0.5, 0.6) is 0 Å². The van der Waals surface area contributed by atoms with Crippen LogP contribution in [0.1, 0.15) is 12.8 Å². The molecule has 2 rings (SSSR count). The van der Waals surface area contributed by atoms with Crippen LogP contribution in [0.4, 0.5) is 24.5 Å². The molecule has 4 N–H and O–H groups in total. The van der Waals surface area contributed by atoms with E-state index in [0.717, 1.165) is 11.0 Å². The maximum absolute atomic E-state index is 12.6. The topological polar surface area (TPSA) is 89.4 Å². The highest BCUT2D eigenvalue weighted by atomic mass is 32.2. The quantitative estimate of drug-likeness (QED) is 0.824. The molecule has 0 atom stereocenters. The zero-order chi connectivity index (χ0) is 15.1. The van der Waals surface area contributed by atoms with E-state index in [4.69, 9.17) is 10.9 Å². The van der Waals surface area contributed by atoms with Crippen molar-refractivity contribution in [3.05, 3.63) is 18.2 Å². The summed E-state index contributed by atoms with van der Waals surface area (Å²) in [6.45, 7) is -1.17. The van der Waals surface area contributed by atoms with Crippen LogP contribution < -0.4 is 15.8 Å². The minimum absolute atomic E-state index is 0.0522. The molecule has 0 bridgehead atoms. The van der Waals surface area contributed by atoms with Gasteiger partial charge < -0.3 is 10.6 Å². The van der Waals surface area contributed by atoms with Crippen molar-refractivity contribution in [2.45, 2.75) is 30.0 Å². The molecule has 1 aliphatic carbocycles. The molecule has 112 valence electrons. The number of primary sulfonamides is 1. The van der Waals surface area contributed by atoms with Crippen LogP contribution in [0.3, 0.4) is 0 Å². The molecule has 0 amide bonds. The summed E-state index contributed by atoms with van der Waals surface area (Å²) in [5, 5.41) is 4.99. The summed E-state index contributed by atoms with van der Waals surface area (Å²) >= 11 is 0. The molecule has 5 nitrogen and oxygen atoms in total. The highest BCUT2D eigenvalue weighted by Gasteiger charge is 2.39. The fourth-order valence-corrected chi connectivity index (χ4v) is 2.47. The molecule has 1 aromatic carbocycles. The molecular formula is C11H14F3N3O2S. The van der Waals surface area contributed by atoms with Crippen molar-refractivity contribution in [2.24, 2.45) is 5.14 Å². The van der Waals surface area contributed by atoms with Crippen molar-refractivity contribution in [2.75, 3.05) is 17.2 Å². The van der Waals surface area contributed by atoms with Gasteiger partial charge in [0, 0.05) is 6.04 Å². The summed E-state index contributed by atoms with van der Waals surface area (Å²) < 4.78 is 60.4. The summed E-state index contributed by atoms with van der Waals surface area (Å²) in [4.78, 5) is 0.832. The normalized spacial score (nSPS) is 16.2. The minimum atomic E-state index is -4.40. The molecule has 1 aliphatic rings. The number of nitrogen functional groups attached to an aromatic ring is 1. The van der Waals surface area contributed by atoms with Crippen LogP contribution in [0, 0.1) is 0 Å². The van der Waals surface area contributed by atoms with Gasteiger partial charge in [0.25, 0.3) is 0 Å².